The van der Waals surface area contributed by atoms with Gasteiger partial charge in [0.1, 0.15) is 5.76 Å². The minimum absolute atomic E-state index is 0.0914. The van der Waals surface area contributed by atoms with E-state index in [0.29, 0.717) is 12.4 Å². The molecule has 0 aromatic rings. The van der Waals surface area contributed by atoms with Crippen LogP contribution in [-0.4, -0.2) is 18.2 Å². The molecule has 0 saturated heterocycles. The fourth-order valence-corrected chi connectivity index (χ4v) is 1.24. The molecule has 3 nitrogen and oxygen atoms in total. The molecule has 0 saturated carbocycles. The van der Waals surface area contributed by atoms with E-state index in [0.717, 1.165) is 0 Å². The first-order valence-corrected chi connectivity index (χ1v) is 3.93. The van der Waals surface area contributed by atoms with Gasteiger partial charge >= 0.3 is 0 Å². The second kappa shape index (κ2) is 3.09. The molecular weight excluding hydrogens is 156 g/mol. The first-order chi connectivity index (χ1) is 5.54. The Hall–Kier alpha value is -1.12. The Morgan fingerprint density at radius 2 is 2.17 bits per heavy atom. The summed E-state index contributed by atoms with van der Waals surface area (Å²) in [6, 6.07) is 0. The monoisotopic (exact) mass is 168 g/mol. The van der Waals surface area contributed by atoms with Gasteiger partial charge in [0.05, 0.1) is 18.1 Å². The molecule has 0 N–H and O–H groups in total. The van der Waals surface area contributed by atoms with Gasteiger partial charge in [0.25, 0.3) is 0 Å². The standard InChI is InChI=1S/C9H12O3/c1-5-4-12-7(3)8(6(2)10)9(5)11/h5H,4H2,1-3H3. The third kappa shape index (κ3) is 1.40. The summed E-state index contributed by atoms with van der Waals surface area (Å²) in [7, 11) is 0. The van der Waals surface area contributed by atoms with Crippen LogP contribution in [0, 0.1) is 5.92 Å². The molecule has 1 atom stereocenters. The Bertz CT molecular complexity index is 263. The number of rotatable bonds is 1. The van der Waals surface area contributed by atoms with Crippen LogP contribution in [0.4, 0.5) is 0 Å². The molecule has 1 aliphatic rings. The molecule has 0 radical (unpaired) electrons. The number of ketones is 2. The fraction of sp³-hybridized carbons (Fsp3) is 0.556. The van der Waals surface area contributed by atoms with Crippen LogP contribution < -0.4 is 0 Å². The van der Waals surface area contributed by atoms with Crippen molar-refractivity contribution in [2.45, 2.75) is 20.8 Å². The van der Waals surface area contributed by atoms with Gasteiger partial charge < -0.3 is 4.74 Å². The first kappa shape index (κ1) is 8.97. The lowest BCUT2D eigenvalue weighted by Gasteiger charge is -2.20. The van der Waals surface area contributed by atoms with Crippen molar-refractivity contribution in [1.82, 2.24) is 0 Å². The molecule has 0 fully saturated rings. The highest BCUT2D eigenvalue weighted by molar-refractivity contribution is 6.20. The van der Waals surface area contributed by atoms with Crippen LogP contribution in [0.3, 0.4) is 0 Å². The third-order valence-electron chi connectivity index (χ3n) is 1.95. The molecule has 1 aliphatic heterocycles. The van der Waals surface area contributed by atoms with Crippen LogP contribution in [-0.2, 0) is 14.3 Å². The zero-order valence-electron chi connectivity index (χ0n) is 7.51. The van der Waals surface area contributed by atoms with Gasteiger partial charge in [-0.15, -0.1) is 0 Å². The van der Waals surface area contributed by atoms with Crippen molar-refractivity contribution < 1.29 is 14.3 Å². The predicted molar refractivity (Wildman–Crippen MR) is 43.5 cm³/mol. The zero-order chi connectivity index (χ0) is 9.30. The van der Waals surface area contributed by atoms with Gasteiger partial charge in [-0.05, 0) is 13.8 Å². The number of allylic oxidation sites excluding steroid dienone is 2. The average molecular weight is 168 g/mol. The van der Waals surface area contributed by atoms with Crippen molar-refractivity contribution in [2.24, 2.45) is 5.92 Å². The zero-order valence-corrected chi connectivity index (χ0v) is 7.51. The summed E-state index contributed by atoms with van der Waals surface area (Å²) in [5.74, 6) is -0.0199. The number of hydrogen-bond donors (Lipinski definition) is 0. The van der Waals surface area contributed by atoms with E-state index in [1.54, 1.807) is 13.8 Å². The average Bonchev–Trinajstić information content (AvgIpc) is 1.97. The molecule has 0 amide bonds. The van der Waals surface area contributed by atoms with Crippen molar-refractivity contribution in [3.05, 3.63) is 11.3 Å². The van der Waals surface area contributed by atoms with E-state index in [2.05, 4.69) is 0 Å². The van der Waals surface area contributed by atoms with Crippen LogP contribution in [0.25, 0.3) is 0 Å². The SMILES string of the molecule is CC(=O)C1=C(C)OCC(C)C1=O. The minimum Gasteiger partial charge on any atom is -0.497 e. The van der Waals surface area contributed by atoms with E-state index in [1.807, 2.05) is 0 Å². The molecule has 0 aromatic heterocycles. The van der Waals surface area contributed by atoms with Crippen molar-refractivity contribution in [3.63, 3.8) is 0 Å². The summed E-state index contributed by atoms with van der Waals surface area (Å²) < 4.78 is 5.17. The molecule has 1 rings (SSSR count). The fourth-order valence-electron chi connectivity index (χ4n) is 1.24. The highest BCUT2D eigenvalue weighted by atomic mass is 16.5. The number of hydrogen-bond acceptors (Lipinski definition) is 3. The van der Waals surface area contributed by atoms with Crippen molar-refractivity contribution in [1.29, 1.82) is 0 Å². The Balaban J connectivity index is 3.05. The van der Waals surface area contributed by atoms with Crippen molar-refractivity contribution in [2.75, 3.05) is 6.61 Å². The molecule has 1 unspecified atom stereocenters. The molecule has 0 spiro atoms. The van der Waals surface area contributed by atoms with E-state index in [-0.39, 0.29) is 23.1 Å². The maximum Gasteiger partial charge on any atom is 0.176 e. The van der Waals surface area contributed by atoms with Gasteiger partial charge in [-0.25, -0.2) is 0 Å². The molecule has 1 heterocycles. The van der Waals surface area contributed by atoms with E-state index in [9.17, 15) is 9.59 Å². The van der Waals surface area contributed by atoms with Crippen LogP contribution in [0.2, 0.25) is 0 Å². The number of carbonyl (C=O) groups excluding carboxylic acids is 2. The second-order valence-electron chi connectivity index (χ2n) is 3.06. The Morgan fingerprint density at radius 1 is 1.58 bits per heavy atom. The maximum atomic E-state index is 11.4. The normalized spacial score (nSPS) is 23.9. The summed E-state index contributed by atoms with van der Waals surface area (Å²) >= 11 is 0. The van der Waals surface area contributed by atoms with Gasteiger partial charge in [-0.1, -0.05) is 6.92 Å². The third-order valence-corrected chi connectivity index (χ3v) is 1.95. The topological polar surface area (TPSA) is 43.4 Å². The first-order valence-electron chi connectivity index (χ1n) is 3.93. The van der Waals surface area contributed by atoms with Gasteiger partial charge in [0.15, 0.2) is 11.6 Å². The largest absolute Gasteiger partial charge is 0.497 e. The molecule has 0 aliphatic carbocycles. The lowest BCUT2D eigenvalue weighted by atomic mass is 9.94. The summed E-state index contributed by atoms with van der Waals surface area (Å²) in [5.41, 5.74) is 0.230. The number of Topliss-reactive ketones (excluding diaryl/α,β-unsaturated/α-hetero) is 2. The van der Waals surface area contributed by atoms with Gasteiger partial charge in [0.2, 0.25) is 0 Å². The van der Waals surface area contributed by atoms with Crippen molar-refractivity contribution in [3.8, 4) is 0 Å². The second-order valence-corrected chi connectivity index (χ2v) is 3.06. The van der Waals surface area contributed by atoms with Gasteiger partial charge in [-0.3, -0.25) is 9.59 Å². The summed E-state index contributed by atoms with van der Waals surface area (Å²) in [6.45, 7) is 5.19. The van der Waals surface area contributed by atoms with Crippen LogP contribution in [0.5, 0.6) is 0 Å². The minimum atomic E-state index is -0.205. The lowest BCUT2D eigenvalue weighted by molar-refractivity contribution is -0.125. The van der Waals surface area contributed by atoms with Crippen LogP contribution in [0.15, 0.2) is 11.3 Å². The number of ether oxygens (including phenoxy) is 1. The summed E-state index contributed by atoms with van der Waals surface area (Å²) in [4.78, 5) is 22.4. The van der Waals surface area contributed by atoms with E-state index < -0.39 is 0 Å². The number of carbonyl (C=O) groups is 2. The van der Waals surface area contributed by atoms with E-state index >= 15 is 0 Å². The smallest absolute Gasteiger partial charge is 0.176 e. The summed E-state index contributed by atoms with van der Waals surface area (Å²) in [5, 5.41) is 0. The Kier molecular flexibility index (Phi) is 2.31. The molecule has 66 valence electrons. The molecule has 0 aromatic carbocycles. The molecule has 3 heteroatoms. The van der Waals surface area contributed by atoms with Gasteiger partial charge in [-0.2, -0.15) is 0 Å². The molecular formula is C9H12O3. The summed E-state index contributed by atoms with van der Waals surface area (Å²) in [6.07, 6.45) is 0. The van der Waals surface area contributed by atoms with E-state index in [4.69, 9.17) is 4.74 Å². The van der Waals surface area contributed by atoms with Crippen molar-refractivity contribution >= 4 is 11.6 Å². The Labute approximate surface area is 71.4 Å². The van der Waals surface area contributed by atoms with Gasteiger partial charge in [0, 0.05) is 0 Å². The molecule has 0 bridgehead atoms. The highest BCUT2D eigenvalue weighted by Crippen LogP contribution is 2.20. The quantitative estimate of drug-likeness (QED) is 0.550. The maximum absolute atomic E-state index is 11.4. The van der Waals surface area contributed by atoms with Crippen LogP contribution in [0.1, 0.15) is 20.8 Å². The highest BCUT2D eigenvalue weighted by Gasteiger charge is 2.28. The van der Waals surface area contributed by atoms with E-state index in [1.165, 1.54) is 6.92 Å². The van der Waals surface area contributed by atoms with Crippen LogP contribution >= 0.6 is 0 Å². The lowest BCUT2D eigenvalue weighted by Crippen LogP contribution is -2.28. The Morgan fingerprint density at radius 3 is 2.58 bits per heavy atom. The molecule has 12 heavy (non-hydrogen) atoms. The predicted octanol–water partition coefficient (Wildman–Crippen LogP) is 1.08.